The van der Waals surface area contributed by atoms with Gasteiger partial charge in [0, 0.05) is 0 Å². The van der Waals surface area contributed by atoms with Crippen LogP contribution in [0.4, 0.5) is 0 Å². The van der Waals surface area contributed by atoms with Crippen molar-refractivity contribution in [1.29, 1.82) is 0 Å². The van der Waals surface area contributed by atoms with E-state index in [0.29, 0.717) is 5.92 Å². The third-order valence-electron chi connectivity index (χ3n) is 3.58. The number of hydrogen-bond acceptors (Lipinski definition) is 0. The Balaban J connectivity index is 5.37. The Morgan fingerprint density at radius 1 is 1.06 bits per heavy atom. The van der Waals surface area contributed by atoms with Gasteiger partial charge in [0.2, 0.25) is 0 Å². The quantitative estimate of drug-likeness (QED) is 0.511. The lowest BCUT2D eigenvalue weighted by molar-refractivity contribution is 0.228. The van der Waals surface area contributed by atoms with Gasteiger partial charge in [-0.3, -0.25) is 0 Å². The van der Waals surface area contributed by atoms with E-state index in [2.05, 4.69) is 78.8 Å². The third-order valence-corrected chi connectivity index (χ3v) is 3.58. The topological polar surface area (TPSA) is 0 Å². The highest BCUT2D eigenvalue weighted by Gasteiger charge is 2.31. The van der Waals surface area contributed by atoms with Crippen LogP contribution in [0.1, 0.15) is 54.9 Å². The van der Waals surface area contributed by atoms with E-state index in [4.69, 9.17) is 0 Å². The van der Waals surface area contributed by atoms with Gasteiger partial charge >= 0.3 is 0 Å². The van der Waals surface area contributed by atoms with Crippen LogP contribution in [0.15, 0.2) is 36.0 Å². The highest BCUT2D eigenvalue weighted by molar-refractivity contribution is 5.30. The SMILES string of the molecule is C\C=C/C=C(\C=C/C)C(C)(CC(C)C)C(C)C. The molecule has 0 heterocycles. The van der Waals surface area contributed by atoms with Crippen LogP contribution in [0.25, 0.3) is 0 Å². The van der Waals surface area contributed by atoms with Gasteiger partial charge in [0.15, 0.2) is 0 Å². The Morgan fingerprint density at radius 2 is 1.65 bits per heavy atom. The van der Waals surface area contributed by atoms with E-state index in [1.54, 1.807) is 0 Å². The van der Waals surface area contributed by atoms with Crippen molar-refractivity contribution in [2.24, 2.45) is 17.3 Å². The molecule has 0 aliphatic carbocycles. The van der Waals surface area contributed by atoms with Crippen molar-refractivity contribution in [3.8, 4) is 0 Å². The fourth-order valence-corrected chi connectivity index (χ4v) is 2.35. The lowest BCUT2D eigenvalue weighted by Crippen LogP contribution is -2.27. The average molecular weight is 234 g/mol. The molecular weight excluding hydrogens is 204 g/mol. The minimum Gasteiger partial charge on any atom is -0.0877 e. The maximum absolute atomic E-state index is 2.40. The van der Waals surface area contributed by atoms with Crippen LogP contribution in [-0.4, -0.2) is 0 Å². The van der Waals surface area contributed by atoms with E-state index in [0.717, 1.165) is 5.92 Å². The van der Waals surface area contributed by atoms with E-state index < -0.39 is 0 Å². The summed E-state index contributed by atoms with van der Waals surface area (Å²) in [5.41, 5.74) is 1.71. The normalized spacial score (nSPS) is 17.6. The van der Waals surface area contributed by atoms with Crippen molar-refractivity contribution < 1.29 is 0 Å². The average Bonchev–Trinajstić information content (AvgIpc) is 2.22. The van der Waals surface area contributed by atoms with Crippen LogP contribution in [-0.2, 0) is 0 Å². The van der Waals surface area contributed by atoms with E-state index >= 15 is 0 Å². The molecule has 0 saturated carbocycles. The molecule has 0 bridgehead atoms. The highest BCUT2D eigenvalue weighted by atomic mass is 14.4. The highest BCUT2D eigenvalue weighted by Crippen LogP contribution is 2.41. The van der Waals surface area contributed by atoms with Crippen LogP contribution >= 0.6 is 0 Å². The van der Waals surface area contributed by atoms with Crippen LogP contribution in [0.5, 0.6) is 0 Å². The first-order valence-electron chi connectivity index (χ1n) is 6.84. The molecule has 0 fully saturated rings. The first-order valence-corrected chi connectivity index (χ1v) is 6.84. The van der Waals surface area contributed by atoms with Gasteiger partial charge in [-0.05, 0) is 43.1 Å². The summed E-state index contributed by atoms with van der Waals surface area (Å²) in [5, 5.41) is 0. The molecule has 98 valence electrons. The molecule has 1 atom stereocenters. The molecule has 0 radical (unpaired) electrons. The lowest BCUT2D eigenvalue weighted by atomic mass is 9.68. The smallest absolute Gasteiger partial charge is 0.00500 e. The molecule has 17 heavy (non-hydrogen) atoms. The summed E-state index contributed by atoms with van der Waals surface area (Å²) in [7, 11) is 0. The molecule has 0 aromatic heterocycles. The minimum atomic E-state index is 0.264. The first kappa shape index (κ1) is 16.2. The van der Waals surface area contributed by atoms with Crippen LogP contribution in [0, 0.1) is 17.3 Å². The molecule has 0 rings (SSSR count). The molecule has 1 unspecified atom stereocenters. The molecule has 0 aliphatic heterocycles. The Bertz CT molecular complexity index is 289. The maximum atomic E-state index is 2.40. The maximum Gasteiger partial charge on any atom is -0.00500 e. The van der Waals surface area contributed by atoms with Gasteiger partial charge in [0.25, 0.3) is 0 Å². The van der Waals surface area contributed by atoms with Crippen molar-refractivity contribution in [3.63, 3.8) is 0 Å². The molecule has 0 aromatic rings. The van der Waals surface area contributed by atoms with E-state index in [1.807, 2.05) is 0 Å². The zero-order valence-corrected chi connectivity index (χ0v) is 12.7. The van der Waals surface area contributed by atoms with Gasteiger partial charge in [-0.1, -0.05) is 65.0 Å². The van der Waals surface area contributed by atoms with Gasteiger partial charge in [0.1, 0.15) is 0 Å². The largest absolute Gasteiger partial charge is 0.0877 e. The second kappa shape index (κ2) is 7.53. The predicted octanol–water partition coefficient (Wildman–Crippen LogP) is 5.77. The molecule has 0 aliphatic rings. The number of rotatable bonds is 6. The van der Waals surface area contributed by atoms with Crippen molar-refractivity contribution >= 4 is 0 Å². The second-order valence-corrected chi connectivity index (χ2v) is 5.82. The molecule has 0 nitrogen and oxygen atoms in total. The molecule has 0 saturated heterocycles. The van der Waals surface area contributed by atoms with Crippen LogP contribution < -0.4 is 0 Å². The van der Waals surface area contributed by atoms with E-state index in [9.17, 15) is 0 Å². The Hall–Kier alpha value is -0.780. The first-order chi connectivity index (χ1) is 7.88. The van der Waals surface area contributed by atoms with Gasteiger partial charge in [-0.15, -0.1) is 0 Å². The number of allylic oxidation sites excluding steroid dienone is 6. The zero-order valence-electron chi connectivity index (χ0n) is 12.7. The molecule has 0 aromatic carbocycles. The van der Waals surface area contributed by atoms with Gasteiger partial charge < -0.3 is 0 Å². The molecule has 0 amide bonds. The Kier molecular flexibility index (Phi) is 7.18. The lowest BCUT2D eigenvalue weighted by Gasteiger charge is -2.37. The molecule has 0 heteroatoms. The van der Waals surface area contributed by atoms with Crippen molar-refractivity contribution in [2.75, 3.05) is 0 Å². The van der Waals surface area contributed by atoms with Crippen LogP contribution in [0.3, 0.4) is 0 Å². The summed E-state index contributed by atoms with van der Waals surface area (Å²) in [6.07, 6.45) is 12.2. The fourth-order valence-electron chi connectivity index (χ4n) is 2.35. The van der Waals surface area contributed by atoms with Crippen molar-refractivity contribution in [2.45, 2.75) is 54.9 Å². The summed E-state index contributed by atoms with van der Waals surface area (Å²) in [6, 6.07) is 0. The van der Waals surface area contributed by atoms with Crippen molar-refractivity contribution in [3.05, 3.63) is 36.0 Å². The molecular formula is C17H30. The summed E-state index contributed by atoms with van der Waals surface area (Å²) in [5.74, 6) is 1.37. The summed E-state index contributed by atoms with van der Waals surface area (Å²) < 4.78 is 0. The van der Waals surface area contributed by atoms with E-state index in [-0.39, 0.29) is 5.41 Å². The monoisotopic (exact) mass is 234 g/mol. The zero-order chi connectivity index (χ0) is 13.5. The summed E-state index contributed by atoms with van der Waals surface area (Å²) in [4.78, 5) is 0. The Labute approximate surface area is 109 Å². The predicted molar refractivity (Wildman–Crippen MR) is 80.1 cm³/mol. The Morgan fingerprint density at radius 3 is 2.00 bits per heavy atom. The van der Waals surface area contributed by atoms with Gasteiger partial charge in [-0.2, -0.15) is 0 Å². The van der Waals surface area contributed by atoms with Gasteiger partial charge in [-0.25, -0.2) is 0 Å². The molecule has 0 spiro atoms. The van der Waals surface area contributed by atoms with E-state index in [1.165, 1.54) is 12.0 Å². The molecule has 0 N–H and O–H groups in total. The summed E-state index contributed by atoms with van der Waals surface area (Å²) in [6.45, 7) is 15.8. The van der Waals surface area contributed by atoms with Crippen molar-refractivity contribution in [1.82, 2.24) is 0 Å². The summed E-state index contributed by atoms with van der Waals surface area (Å²) >= 11 is 0. The second-order valence-electron chi connectivity index (χ2n) is 5.82. The van der Waals surface area contributed by atoms with Crippen LogP contribution in [0.2, 0.25) is 0 Å². The third kappa shape index (κ3) is 4.93. The fraction of sp³-hybridized carbons (Fsp3) is 0.647. The minimum absolute atomic E-state index is 0.264. The number of hydrogen-bond donors (Lipinski definition) is 0. The standard InChI is InChI=1S/C17H30/c1-8-10-12-16(11-9-2)17(7,15(5)6)13-14(3)4/h8-12,14-15H,13H2,1-7H3/b10-8-,11-9-,16-12+. The van der Waals surface area contributed by atoms with Gasteiger partial charge in [0.05, 0.1) is 0 Å².